The molecule has 1 aromatic heterocycles. The molecule has 0 spiro atoms. The molecule has 1 aliphatic rings. The predicted molar refractivity (Wildman–Crippen MR) is 115 cm³/mol. The first-order valence-corrected chi connectivity index (χ1v) is 11.6. The molecule has 1 aliphatic heterocycles. The molecule has 0 radical (unpaired) electrons. The molecule has 4 rings (SSSR count). The van der Waals surface area contributed by atoms with Crippen molar-refractivity contribution in [2.75, 3.05) is 23.3 Å². The van der Waals surface area contributed by atoms with E-state index in [2.05, 4.69) is 4.72 Å². The van der Waals surface area contributed by atoms with Gasteiger partial charge in [-0.1, -0.05) is 24.3 Å². The molecule has 29 heavy (non-hydrogen) atoms. The molecule has 0 bridgehead atoms. The topological polar surface area (TPSA) is 75.7 Å². The standard InChI is InChI=1S/C21H20N2O4S2/c1-27-18-8-4-15(5-9-18)14-29(25,26)22-17-7-6-16-10-11-23(19(16)13-17)21(24)20-3-2-12-28-20/h2-9,12-13,22H,10-11,14H2,1H3. The maximum absolute atomic E-state index is 12.7. The summed E-state index contributed by atoms with van der Waals surface area (Å²) in [5, 5.41) is 1.87. The third-order valence-electron chi connectivity index (χ3n) is 4.75. The van der Waals surface area contributed by atoms with Gasteiger partial charge in [-0.25, -0.2) is 8.42 Å². The monoisotopic (exact) mass is 428 g/mol. The van der Waals surface area contributed by atoms with Crippen molar-refractivity contribution in [3.05, 3.63) is 76.0 Å². The molecule has 0 saturated heterocycles. The Bertz CT molecular complexity index is 1120. The van der Waals surface area contributed by atoms with Crippen molar-refractivity contribution in [1.82, 2.24) is 0 Å². The van der Waals surface area contributed by atoms with Crippen LogP contribution in [0.1, 0.15) is 20.8 Å². The summed E-state index contributed by atoms with van der Waals surface area (Å²) in [6.45, 7) is 0.591. The Morgan fingerprint density at radius 3 is 2.66 bits per heavy atom. The van der Waals surface area contributed by atoms with E-state index in [1.807, 2.05) is 17.5 Å². The lowest BCUT2D eigenvalue weighted by Gasteiger charge is -2.17. The van der Waals surface area contributed by atoms with Crippen LogP contribution >= 0.6 is 11.3 Å². The van der Waals surface area contributed by atoms with Crippen molar-refractivity contribution in [3.63, 3.8) is 0 Å². The minimum absolute atomic E-state index is 0.0583. The maximum atomic E-state index is 12.7. The number of ether oxygens (including phenoxy) is 1. The van der Waals surface area contributed by atoms with Crippen LogP contribution in [0.25, 0.3) is 0 Å². The van der Waals surface area contributed by atoms with Crippen molar-refractivity contribution >= 4 is 38.6 Å². The van der Waals surface area contributed by atoms with Crippen LogP contribution in [0.15, 0.2) is 60.0 Å². The number of anilines is 2. The number of carbonyl (C=O) groups is 1. The van der Waals surface area contributed by atoms with Gasteiger partial charge in [0.2, 0.25) is 10.0 Å². The third-order valence-corrected chi connectivity index (χ3v) is 6.86. The molecule has 8 heteroatoms. The summed E-state index contributed by atoms with van der Waals surface area (Å²) in [6, 6.07) is 15.9. The van der Waals surface area contributed by atoms with Gasteiger partial charge in [-0.15, -0.1) is 11.3 Å². The van der Waals surface area contributed by atoms with E-state index in [0.29, 0.717) is 28.4 Å². The summed E-state index contributed by atoms with van der Waals surface area (Å²) in [7, 11) is -2.03. The normalized spacial score (nSPS) is 13.2. The molecule has 150 valence electrons. The Morgan fingerprint density at radius 1 is 1.17 bits per heavy atom. The highest BCUT2D eigenvalue weighted by atomic mass is 32.2. The van der Waals surface area contributed by atoms with Crippen LogP contribution in [0, 0.1) is 0 Å². The third kappa shape index (κ3) is 4.28. The van der Waals surface area contributed by atoms with Crippen LogP contribution < -0.4 is 14.4 Å². The zero-order valence-corrected chi connectivity index (χ0v) is 17.4. The summed E-state index contributed by atoms with van der Waals surface area (Å²) in [5.74, 6) is 0.469. The van der Waals surface area contributed by atoms with Gasteiger partial charge in [-0.3, -0.25) is 9.52 Å². The molecule has 2 aromatic carbocycles. The fourth-order valence-corrected chi connectivity index (χ4v) is 5.21. The zero-order valence-electron chi connectivity index (χ0n) is 15.8. The van der Waals surface area contributed by atoms with Gasteiger partial charge < -0.3 is 9.64 Å². The number of sulfonamides is 1. The largest absolute Gasteiger partial charge is 0.497 e. The molecule has 0 saturated carbocycles. The average Bonchev–Trinajstić information content (AvgIpc) is 3.37. The summed E-state index contributed by atoms with van der Waals surface area (Å²) in [4.78, 5) is 15.1. The number of benzene rings is 2. The Morgan fingerprint density at radius 2 is 1.97 bits per heavy atom. The highest BCUT2D eigenvalue weighted by Crippen LogP contribution is 2.33. The van der Waals surface area contributed by atoms with Crippen LogP contribution in [0.3, 0.4) is 0 Å². The van der Waals surface area contributed by atoms with E-state index in [-0.39, 0.29) is 11.7 Å². The van der Waals surface area contributed by atoms with Gasteiger partial charge in [0.25, 0.3) is 5.91 Å². The van der Waals surface area contributed by atoms with Crippen LogP contribution in [-0.2, 0) is 22.2 Å². The second-order valence-corrected chi connectivity index (χ2v) is 9.41. The molecule has 6 nitrogen and oxygen atoms in total. The lowest BCUT2D eigenvalue weighted by molar-refractivity contribution is 0.0993. The van der Waals surface area contributed by atoms with Crippen molar-refractivity contribution < 1.29 is 17.9 Å². The van der Waals surface area contributed by atoms with E-state index < -0.39 is 10.0 Å². The van der Waals surface area contributed by atoms with E-state index in [1.165, 1.54) is 11.3 Å². The number of carbonyl (C=O) groups excluding carboxylic acids is 1. The predicted octanol–water partition coefficient (Wildman–Crippen LogP) is 3.90. The van der Waals surface area contributed by atoms with E-state index in [4.69, 9.17) is 4.74 Å². The number of nitrogens with one attached hydrogen (secondary N) is 1. The average molecular weight is 429 g/mol. The second-order valence-electron chi connectivity index (χ2n) is 6.74. The first-order chi connectivity index (χ1) is 13.9. The molecule has 0 fully saturated rings. The van der Waals surface area contributed by atoms with Crippen molar-refractivity contribution in [1.29, 1.82) is 0 Å². The Labute approximate surface area is 173 Å². The van der Waals surface area contributed by atoms with Gasteiger partial charge in [0, 0.05) is 12.2 Å². The first-order valence-electron chi connectivity index (χ1n) is 9.07. The number of rotatable bonds is 6. The summed E-state index contributed by atoms with van der Waals surface area (Å²) < 4.78 is 32.9. The molecule has 1 amide bonds. The summed E-state index contributed by atoms with van der Waals surface area (Å²) in [6.07, 6.45) is 0.755. The molecule has 0 atom stereocenters. The second kappa shape index (κ2) is 7.88. The molecule has 0 unspecified atom stereocenters. The van der Waals surface area contributed by atoms with Crippen molar-refractivity contribution in [2.24, 2.45) is 0 Å². The van der Waals surface area contributed by atoms with E-state index >= 15 is 0 Å². The van der Waals surface area contributed by atoms with Gasteiger partial charge >= 0.3 is 0 Å². The number of methoxy groups -OCH3 is 1. The fraction of sp³-hybridized carbons (Fsp3) is 0.190. The molecule has 3 aromatic rings. The lowest BCUT2D eigenvalue weighted by Crippen LogP contribution is -2.28. The Balaban J connectivity index is 1.52. The molecular weight excluding hydrogens is 408 g/mol. The number of hydrogen-bond donors (Lipinski definition) is 1. The quantitative estimate of drug-likeness (QED) is 0.646. The number of amides is 1. The lowest BCUT2D eigenvalue weighted by atomic mass is 10.1. The van der Waals surface area contributed by atoms with Crippen LogP contribution in [-0.4, -0.2) is 28.0 Å². The SMILES string of the molecule is COc1ccc(CS(=O)(=O)Nc2ccc3c(c2)N(C(=O)c2cccs2)CC3)cc1. The maximum Gasteiger partial charge on any atom is 0.268 e. The number of thiophene rings is 1. The van der Waals surface area contributed by atoms with Crippen LogP contribution in [0.4, 0.5) is 11.4 Å². The smallest absolute Gasteiger partial charge is 0.268 e. The van der Waals surface area contributed by atoms with Gasteiger partial charge in [0.15, 0.2) is 0 Å². The minimum atomic E-state index is -3.60. The van der Waals surface area contributed by atoms with Gasteiger partial charge in [-0.2, -0.15) is 0 Å². The van der Waals surface area contributed by atoms with Crippen LogP contribution in [0.2, 0.25) is 0 Å². The molecule has 2 heterocycles. The van der Waals surface area contributed by atoms with Gasteiger partial charge in [-0.05, 0) is 53.3 Å². The van der Waals surface area contributed by atoms with Gasteiger partial charge in [0.05, 0.1) is 23.4 Å². The zero-order chi connectivity index (χ0) is 20.4. The Kier molecular flexibility index (Phi) is 5.29. The van der Waals surface area contributed by atoms with Crippen molar-refractivity contribution in [2.45, 2.75) is 12.2 Å². The van der Waals surface area contributed by atoms with E-state index in [1.54, 1.807) is 54.5 Å². The molecular formula is C21H20N2O4S2. The minimum Gasteiger partial charge on any atom is -0.497 e. The molecule has 1 N–H and O–H groups in total. The number of nitrogens with zero attached hydrogens (tertiary/aromatic N) is 1. The Hall–Kier alpha value is -2.84. The number of hydrogen-bond acceptors (Lipinski definition) is 5. The summed E-state index contributed by atoms with van der Waals surface area (Å²) in [5.41, 5.74) is 2.90. The summed E-state index contributed by atoms with van der Waals surface area (Å²) >= 11 is 1.40. The van der Waals surface area contributed by atoms with Gasteiger partial charge in [0.1, 0.15) is 5.75 Å². The van der Waals surface area contributed by atoms with Crippen molar-refractivity contribution in [3.8, 4) is 5.75 Å². The fourth-order valence-electron chi connectivity index (χ4n) is 3.34. The van der Waals surface area contributed by atoms with Crippen LogP contribution in [0.5, 0.6) is 5.75 Å². The number of fused-ring (bicyclic) bond motifs is 1. The highest BCUT2D eigenvalue weighted by molar-refractivity contribution is 7.91. The van der Waals surface area contributed by atoms with E-state index in [0.717, 1.165) is 17.7 Å². The molecule has 0 aliphatic carbocycles. The highest BCUT2D eigenvalue weighted by Gasteiger charge is 2.26. The first kappa shape index (κ1) is 19.5. The van der Waals surface area contributed by atoms with E-state index in [9.17, 15) is 13.2 Å².